The molecule has 1 aliphatic rings. The van der Waals surface area contributed by atoms with Gasteiger partial charge in [-0.15, -0.1) is 0 Å². The number of likely N-dealkylation sites (N-methyl/N-ethyl adjacent to an activating group) is 1. The molecule has 6 heteroatoms. The lowest BCUT2D eigenvalue weighted by Crippen LogP contribution is -2.50. The topological polar surface area (TPSA) is 48.0 Å². The summed E-state index contributed by atoms with van der Waals surface area (Å²) >= 11 is 0. The molecule has 1 atom stereocenters. The molecule has 1 fully saturated rings. The van der Waals surface area contributed by atoms with Crippen molar-refractivity contribution in [3.8, 4) is 5.75 Å². The van der Waals surface area contributed by atoms with E-state index in [2.05, 4.69) is 34.2 Å². The second-order valence-corrected chi connectivity index (χ2v) is 6.62. The molecule has 0 radical (unpaired) electrons. The number of hydrogen-bond donors (Lipinski definition) is 1. The molecule has 0 aliphatic carbocycles. The lowest BCUT2D eigenvalue weighted by molar-refractivity contribution is 0.0980. The maximum absolute atomic E-state index is 12.4. The molecule has 1 N–H and O–H groups in total. The van der Waals surface area contributed by atoms with Crippen molar-refractivity contribution in [2.45, 2.75) is 26.8 Å². The number of urea groups is 1. The van der Waals surface area contributed by atoms with Crippen LogP contribution in [0.15, 0.2) is 24.3 Å². The third-order valence-electron chi connectivity index (χ3n) is 5.29. The average molecular weight is 363 g/mol. The summed E-state index contributed by atoms with van der Waals surface area (Å²) in [7, 11) is 1.68. The number of carbonyl (C=O) groups is 1. The van der Waals surface area contributed by atoms with Gasteiger partial charge in [0, 0.05) is 45.8 Å². The minimum absolute atomic E-state index is 0.0145. The first-order valence-electron chi connectivity index (χ1n) is 9.76. The molecular formula is C20H34N4O2. The minimum Gasteiger partial charge on any atom is -0.497 e. The van der Waals surface area contributed by atoms with Crippen molar-refractivity contribution in [3.63, 3.8) is 0 Å². The maximum Gasteiger partial charge on any atom is 0.317 e. The fourth-order valence-corrected chi connectivity index (χ4v) is 3.48. The predicted molar refractivity (Wildman–Crippen MR) is 106 cm³/mol. The highest BCUT2D eigenvalue weighted by molar-refractivity contribution is 5.74. The van der Waals surface area contributed by atoms with Crippen LogP contribution in [-0.4, -0.2) is 80.2 Å². The van der Waals surface area contributed by atoms with Gasteiger partial charge in [0.15, 0.2) is 0 Å². The molecule has 1 unspecified atom stereocenters. The Morgan fingerprint density at radius 3 is 2.23 bits per heavy atom. The van der Waals surface area contributed by atoms with Gasteiger partial charge < -0.3 is 19.9 Å². The Morgan fingerprint density at radius 1 is 1.12 bits per heavy atom. The molecule has 6 nitrogen and oxygen atoms in total. The molecule has 0 bridgehead atoms. The van der Waals surface area contributed by atoms with Crippen molar-refractivity contribution >= 4 is 6.03 Å². The number of nitrogens with zero attached hydrogens (tertiary/aromatic N) is 3. The second-order valence-electron chi connectivity index (χ2n) is 6.62. The van der Waals surface area contributed by atoms with Crippen LogP contribution < -0.4 is 10.1 Å². The zero-order valence-electron chi connectivity index (χ0n) is 16.7. The highest BCUT2D eigenvalue weighted by Crippen LogP contribution is 2.24. The summed E-state index contributed by atoms with van der Waals surface area (Å²) < 4.78 is 5.29. The number of carbonyl (C=O) groups excluding carboxylic acids is 1. The normalized spacial score (nSPS) is 16.9. The summed E-state index contributed by atoms with van der Waals surface area (Å²) in [6.45, 7) is 13.6. The Labute approximate surface area is 158 Å². The summed E-state index contributed by atoms with van der Waals surface area (Å²) in [6, 6.07) is 8.41. The van der Waals surface area contributed by atoms with Gasteiger partial charge in [-0.3, -0.25) is 4.90 Å². The number of nitrogens with one attached hydrogen (secondary N) is 1. The van der Waals surface area contributed by atoms with Gasteiger partial charge in [0.2, 0.25) is 0 Å². The Kier molecular flexibility index (Phi) is 8.19. The Balaban J connectivity index is 2.09. The van der Waals surface area contributed by atoms with Crippen molar-refractivity contribution in [2.24, 2.45) is 0 Å². The quantitative estimate of drug-likeness (QED) is 0.772. The Morgan fingerprint density at radius 2 is 1.73 bits per heavy atom. The van der Waals surface area contributed by atoms with Gasteiger partial charge in [0.1, 0.15) is 5.75 Å². The van der Waals surface area contributed by atoms with Gasteiger partial charge in [-0.25, -0.2) is 4.79 Å². The number of ether oxygens (including phenoxy) is 1. The van der Waals surface area contributed by atoms with Crippen molar-refractivity contribution in [2.75, 3.05) is 59.5 Å². The van der Waals surface area contributed by atoms with Crippen LogP contribution in [0.3, 0.4) is 0 Å². The lowest BCUT2D eigenvalue weighted by atomic mass is 10.0. The molecule has 146 valence electrons. The third kappa shape index (κ3) is 5.35. The van der Waals surface area contributed by atoms with E-state index in [4.69, 9.17) is 4.74 Å². The van der Waals surface area contributed by atoms with Crippen LogP contribution in [0.4, 0.5) is 4.79 Å². The summed E-state index contributed by atoms with van der Waals surface area (Å²) in [5, 5.41) is 3.13. The monoisotopic (exact) mass is 362 g/mol. The highest BCUT2D eigenvalue weighted by atomic mass is 16.5. The molecule has 1 aromatic rings. The van der Waals surface area contributed by atoms with Gasteiger partial charge in [0.25, 0.3) is 0 Å². The Hall–Kier alpha value is -1.79. The smallest absolute Gasteiger partial charge is 0.317 e. The standard InChI is InChI=1S/C20H34N4O2/c1-5-22-12-14-24(15-13-22)19(16-21-20(25)23(6-2)7-3)17-8-10-18(26-4)11-9-17/h8-11,19H,5-7,12-16H2,1-4H3,(H,21,25). The minimum atomic E-state index is 0.0145. The van der Waals surface area contributed by atoms with E-state index in [0.29, 0.717) is 6.54 Å². The number of hydrogen-bond acceptors (Lipinski definition) is 4. The molecule has 0 aromatic heterocycles. The molecule has 1 saturated heterocycles. The van der Waals surface area contributed by atoms with Crippen LogP contribution in [0.25, 0.3) is 0 Å². The largest absolute Gasteiger partial charge is 0.497 e. The summed E-state index contributed by atoms with van der Waals surface area (Å²) in [5.74, 6) is 0.857. The SMILES string of the molecule is CCN1CCN(C(CNC(=O)N(CC)CC)c2ccc(OC)cc2)CC1. The number of rotatable bonds is 8. The third-order valence-corrected chi connectivity index (χ3v) is 5.29. The van der Waals surface area contributed by atoms with E-state index in [1.165, 1.54) is 5.56 Å². The van der Waals surface area contributed by atoms with E-state index < -0.39 is 0 Å². The summed E-state index contributed by atoms with van der Waals surface area (Å²) in [5.41, 5.74) is 1.22. The number of benzene rings is 1. The number of piperazine rings is 1. The van der Waals surface area contributed by atoms with Crippen LogP contribution in [0.2, 0.25) is 0 Å². The first-order chi connectivity index (χ1) is 12.6. The van der Waals surface area contributed by atoms with E-state index in [0.717, 1.165) is 51.6 Å². The molecule has 26 heavy (non-hydrogen) atoms. The van der Waals surface area contributed by atoms with E-state index in [1.807, 2.05) is 30.9 Å². The molecule has 1 aromatic carbocycles. The van der Waals surface area contributed by atoms with Gasteiger partial charge in [-0.2, -0.15) is 0 Å². The number of amides is 2. The van der Waals surface area contributed by atoms with E-state index in [1.54, 1.807) is 7.11 Å². The first-order valence-corrected chi connectivity index (χ1v) is 9.76. The molecule has 2 rings (SSSR count). The van der Waals surface area contributed by atoms with Crippen molar-refractivity contribution in [1.29, 1.82) is 0 Å². The van der Waals surface area contributed by atoms with Crippen LogP contribution in [0.5, 0.6) is 5.75 Å². The molecule has 1 aliphatic heterocycles. The fourth-order valence-electron chi connectivity index (χ4n) is 3.48. The average Bonchev–Trinajstić information content (AvgIpc) is 2.70. The van der Waals surface area contributed by atoms with Crippen LogP contribution in [0.1, 0.15) is 32.4 Å². The molecule has 0 saturated carbocycles. The van der Waals surface area contributed by atoms with Crippen LogP contribution in [-0.2, 0) is 0 Å². The second kappa shape index (κ2) is 10.4. The highest BCUT2D eigenvalue weighted by Gasteiger charge is 2.25. The zero-order valence-corrected chi connectivity index (χ0v) is 16.7. The van der Waals surface area contributed by atoms with Gasteiger partial charge >= 0.3 is 6.03 Å². The zero-order chi connectivity index (χ0) is 18.9. The van der Waals surface area contributed by atoms with Gasteiger partial charge in [-0.05, 0) is 38.1 Å². The van der Waals surface area contributed by atoms with Crippen molar-refractivity contribution in [1.82, 2.24) is 20.0 Å². The van der Waals surface area contributed by atoms with E-state index >= 15 is 0 Å². The maximum atomic E-state index is 12.4. The van der Waals surface area contributed by atoms with Crippen molar-refractivity contribution in [3.05, 3.63) is 29.8 Å². The van der Waals surface area contributed by atoms with Gasteiger partial charge in [0.05, 0.1) is 13.2 Å². The molecular weight excluding hydrogens is 328 g/mol. The first kappa shape index (κ1) is 20.5. The number of methoxy groups -OCH3 is 1. The summed E-state index contributed by atoms with van der Waals surface area (Å²) in [4.78, 5) is 19.2. The fraction of sp³-hybridized carbons (Fsp3) is 0.650. The van der Waals surface area contributed by atoms with E-state index in [9.17, 15) is 4.79 Å². The van der Waals surface area contributed by atoms with Crippen LogP contribution >= 0.6 is 0 Å². The predicted octanol–water partition coefficient (Wildman–Crippen LogP) is 2.43. The lowest BCUT2D eigenvalue weighted by Gasteiger charge is -2.39. The molecule has 0 spiro atoms. The van der Waals surface area contributed by atoms with Crippen molar-refractivity contribution < 1.29 is 9.53 Å². The van der Waals surface area contributed by atoms with Gasteiger partial charge in [-0.1, -0.05) is 19.1 Å². The van der Waals surface area contributed by atoms with E-state index in [-0.39, 0.29) is 12.1 Å². The molecule has 1 heterocycles. The summed E-state index contributed by atoms with van der Waals surface area (Å²) in [6.07, 6.45) is 0. The molecule has 2 amide bonds. The van der Waals surface area contributed by atoms with Crippen LogP contribution in [0, 0.1) is 0 Å². The Bertz CT molecular complexity index is 537.